The zero-order valence-corrected chi connectivity index (χ0v) is 14.6. The highest BCUT2D eigenvalue weighted by atomic mass is 16.5. The van der Waals surface area contributed by atoms with Crippen LogP contribution in [0.2, 0.25) is 0 Å². The van der Waals surface area contributed by atoms with Crippen molar-refractivity contribution in [3.63, 3.8) is 0 Å². The van der Waals surface area contributed by atoms with Gasteiger partial charge in [-0.25, -0.2) is 4.98 Å². The largest absolute Gasteiger partial charge is 0.489 e. The molecule has 4 heteroatoms. The molecule has 0 fully saturated rings. The van der Waals surface area contributed by atoms with E-state index in [4.69, 9.17) is 4.74 Å². The first-order valence-electron chi connectivity index (χ1n) is 8.37. The van der Waals surface area contributed by atoms with Gasteiger partial charge < -0.3 is 10.1 Å². The van der Waals surface area contributed by atoms with Crippen LogP contribution in [0.25, 0.3) is 6.08 Å². The number of rotatable bonds is 6. The Kier molecular flexibility index (Phi) is 5.78. The Morgan fingerprint density at radius 2 is 1.92 bits per heavy atom. The topological polar surface area (TPSA) is 51.2 Å². The zero-order chi connectivity index (χ0) is 18.2. The summed E-state index contributed by atoms with van der Waals surface area (Å²) in [5, 5.41) is 2.73. The van der Waals surface area contributed by atoms with Gasteiger partial charge >= 0.3 is 0 Å². The quantitative estimate of drug-likeness (QED) is 0.664. The van der Waals surface area contributed by atoms with E-state index in [9.17, 15) is 4.79 Å². The van der Waals surface area contributed by atoms with Crippen LogP contribution in [-0.4, -0.2) is 10.9 Å². The van der Waals surface area contributed by atoms with Gasteiger partial charge in [-0.05, 0) is 47.9 Å². The fraction of sp³-hybridized carbons (Fsp3) is 0.0909. The molecule has 1 heterocycles. The summed E-state index contributed by atoms with van der Waals surface area (Å²) < 4.78 is 5.80. The average molecular weight is 344 g/mol. The molecule has 0 saturated heterocycles. The second-order valence-corrected chi connectivity index (χ2v) is 5.89. The molecule has 1 amide bonds. The Labute approximate surface area is 153 Å². The average Bonchev–Trinajstić information content (AvgIpc) is 2.68. The Balaban J connectivity index is 1.58. The van der Waals surface area contributed by atoms with Crippen LogP contribution in [0, 0.1) is 6.92 Å². The van der Waals surface area contributed by atoms with E-state index in [0.29, 0.717) is 12.4 Å². The van der Waals surface area contributed by atoms with Gasteiger partial charge in [-0.3, -0.25) is 4.79 Å². The SMILES string of the molecule is Cc1ccc(NC(=O)/C=C/c2cccc(OCc3ccccc3)c2)nc1. The van der Waals surface area contributed by atoms with Gasteiger partial charge in [-0.1, -0.05) is 48.5 Å². The minimum absolute atomic E-state index is 0.225. The maximum Gasteiger partial charge on any atom is 0.249 e. The second kappa shape index (κ2) is 8.62. The number of aromatic nitrogens is 1. The Morgan fingerprint density at radius 1 is 1.08 bits per heavy atom. The highest BCUT2D eigenvalue weighted by Crippen LogP contribution is 2.16. The molecule has 0 bridgehead atoms. The number of amides is 1. The molecule has 0 saturated carbocycles. The summed E-state index contributed by atoms with van der Waals surface area (Å²) in [6, 6.07) is 21.3. The van der Waals surface area contributed by atoms with Crippen molar-refractivity contribution in [3.05, 3.63) is 95.7 Å². The summed E-state index contributed by atoms with van der Waals surface area (Å²) in [5.41, 5.74) is 3.05. The first-order valence-corrected chi connectivity index (χ1v) is 8.37. The number of nitrogens with one attached hydrogen (secondary N) is 1. The molecule has 1 N–H and O–H groups in total. The van der Waals surface area contributed by atoms with Gasteiger partial charge in [0.2, 0.25) is 5.91 Å². The number of pyridine rings is 1. The minimum atomic E-state index is -0.225. The lowest BCUT2D eigenvalue weighted by atomic mass is 10.2. The van der Waals surface area contributed by atoms with Crippen molar-refractivity contribution in [2.24, 2.45) is 0 Å². The molecular formula is C22H20N2O2. The predicted octanol–water partition coefficient (Wildman–Crippen LogP) is 4.62. The molecule has 26 heavy (non-hydrogen) atoms. The van der Waals surface area contributed by atoms with E-state index < -0.39 is 0 Å². The van der Waals surface area contributed by atoms with Gasteiger partial charge in [0, 0.05) is 12.3 Å². The molecule has 3 rings (SSSR count). The molecule has 1 aromatic heterocycles. The van der Waals surface area contributed by atoms with E-state index in [1.807, 2.05) is 67.6 Å². The standard InChI is InChI=1S/C22H20N2O2/c1-17-10-12-21(23-15-17)24-22(25)13-11-18-8-5-9-20(14-18)26-16-19-6-3-2-4-7-19/h2-15H,16H2,1H3,(H,23,24,25)/b13-11+. The van der Waals surface area contributed by atoms with Crippen LogP contribution < -0.4 is 10.1 Å². The van der Waals surface area contributed by atoms with Crippen molar-refractivity contribution >= 4 is 17.8 Å². The van der Waals surface area contributed by atoms with Gasteiger partial charge in [-0.2, -0.15) is 0 Å². The number of hydrogen-bond donors (Lipinski definition) is 1. The third kappa shape index (κ3) is 5.31. The maximum atomic E-state index is 12.0. The lowest BCUT2D eigenvalue weighted by Gasteiger charge is -2.07. The fourth-order valence-electron chi connectivity index (χ4n) is 2.33. The Hall–Kier alpha value is -3.40. The van der Waals surface area contributed by atoms with Gasteiger partial charge in [0.15, 0.2) is 0 Å². The first kappa shape index (κ1) is 17.4. The number of ether oxygens (including phenoxy) is 1. The normalized spacial score (nSPS) is 10.7. The molecule has 0 aliphatic heterocycles. The smallest absolute Gasteiger partial charge is 0.249 e. The number of aryl methyl sites for hydroxylation is 1. The summed E-state index contributed by atoms with van der Waals surface area (Å²) in [6.07, 6.45) is 4.95. The number of carbonyl (C=O) groups excluding carboxylic acids is 1. The predicted molar refractivity (Wildman–Crippen MR) is 104 cm³/mol. The lowest BCUT2D eigenvalue weighted by molar-refractivity contribution is -0.111. The number of carbonyl (C=O) groups is 1. The van der Waals surface area contributed by atoms with Crippen LogP contribution in [0.5, 0.6) is 5.75 Å². The van der Waals surface area contributed by atoms with Crippen molar-refractivity contribution in [3.8, 4) is 5.75 Å². The minimum Gasteiger partial charge on any atom is -0.489 e. The van der Waals surface area contributed by atoms with Gasteiger partial charge in [0.05, 0.1) is 0 Å². The maximum absolute atomic E-state index is 12.0. The molecule has 0 aliphatic carbocycles. The fourth-order valence-corrected chi connectivity index (χ4v) is 2.33. The number of anilines is 1. The Morgan fingerprint density at radius 3 is 2.69 bits per heavy atom. The molecule has 2 aromatic carbocycles. The third-order valence-electron chi connectivity index (χ3n) is 3.70. The van der Waals surface area contributed by atoms with Crippen LogP contribution >= 0.6 is 0 Å². The molecule has 0 spiro atoms. The molecular weight excluding hydrogens is 324 g/mol. The van der Waals surface area contributed by atoms with Crippen LogP contribution in [0.1, 0.15) is 16.7 Å². The van der Waals surface area contributed by atoms with E-state index in [-0.39, 0.29) is 5.91 Å². The molecule has 0 aliphatic rings. The molecule has 4 nitrogen and oxygen atoms in total. The van der Waals surface area contributed by atoms with Crippen LogP contribution in [-0.2, 0) is 11.4 Å². The van der Waals surface area contributed by atoms with Gasteiger partial charge in [0.25, 0.3) is 0 Å². The third-order valence-corrected chi connectivity index (χ3v) is 3.70. The van der Waals surface area contributed by atoms with E-state index >= 15 is 0 Å². The van der Waals surface area contributed by atoms with Crippen molar-refractivity contribution in [1.82, 2.24) is 4.98 Å². The van der Waals surface area contributed by atoms with E-state index in [1.165, 1.54) is 6.08 Å². The van der Waals surface area contributed by atoms with E-state index in [0.717, 1.165) is 22.4 Å². The summed E-state index contributed by atoms with van der Waals surface area (Å²) in [6.45, 7) is 2.46. The molecule has 3 aromatic rings. The number of nitrogens with zero attached hydrogens (tertiary/aromatic N) is 1. The Bertz CT molecular complexity index is 888. The van der Waals surface area contributed by atoms with Gasteiger partial charge in [0.1, 0.15) is 18.2 Å². The summed E-state index contributed by atoms with van der Waals surface area (Å²) in [7, 11) is 0. The van der Waals surface area contributed by atoms with Crippen molar-refractivity contribution in [2.75, 3.05) is 5.32 Å². The molecule has 130 valence electrons. The van der Waals surface area contributed by atoms with Crippen LogP contribution in [0.4, 0.5) is 5.82 Å². The van der Waals surface area contributed by atoms with Crippen LogP contribution in [0.15, 0.2) is 79.0 Å². The van der Waals surface area contributed by atoms with E-state index in [2.05, 4.69) is 10.3 Å². The van der Waals surface area contributed by atoms with Gasteiger partial charge in [-0.15, -0.1) is 0 Å². The van der Waals surface area contributed by atoms with Crippen LogP contribution in [0.3, 0.4) is 0 Å². The van der Waals surface area contributed by atoms with Crippen molar-refractivity contribution in [2.45, 2.75) is 13.5 Å². The lowest BCUT2D eigenvalue weighted by Crippen LogP contribution is -2.08. The van der Waals surface area contributed by atoms with Crippen molar-refractivity contribution in [1.29, 1.82) is 0 Å². The molecule has 0 unspecified atom stereocenters. The molecule has 0 radical (unpaired) electrons. The van der Waals surface area contributed by atoms with E-state index in [1.54, 1.807) is 18.3 Å². The highest BCUT2D eigenvalue weighted by Gasteiger charge is 2.00. The zero-order valence-electron chi connectivity index (χ0n) is 14.6. The highest BCUT2D eigenvalue weighted by molar-refractivity contribution is 6.01. The number of benzene rings is 2. The van der Waals surface area contributed by atoms with Crippen molar-refractivity contribution < 1.29 is 9.53 Å². The summed E-state index contributed by atoms with van der Waals surface area (Å²) in [4.78, 5) is 16.2. The first-order chi connectivity index (χ1) is 12.7. The summed E-state index contributed by atoms with van der Waals surface area (Å²) in [5.74, 6) is 1.07. The molecule has 0 atom stereocenters. The number of hydrogen-bond acceptors (Lipinski definition) is 3. The monoisotopic (exact) mass is 344 g/mol. The second-order valence-electron chi connectivity index (χ2n) is 5.89. The summed E-state index contributed by atoms with van der Waals surface area (Å²) >= 11 is 0.